The van der Waals surface area contributed by atoms with E-state index in [-0.39, 0.29) is 11.8 Å². The summed E-state index contributed by atoms with van der Waals surface area (Å²) in [6.45, 7) is 8.50. The molecule has 0 heterocycles. The van der Waals surface area contributed by atoms with E-state index in [2.05, 4.69) is 5.32 Å². The maximum atomic E-state index is 12.2. The van der Waals surface area contributed by atoms with E-state index in [9.17, 15) is 14.4 Å². The van der Waals surface area contributed by atoms with Crippen LogP contribution in [0, 0.1) is 5.92 Å². The van der Waals surface area contributed by atoms with Crippen LogP contribution in [0.5, 0.6) is 0 Å². The van der Waals surface area contributed by atoms with Crippen LogP contribution in [-0.4, -0.2) is 46.9 Å². The first-order valence-corrected chi connectivity index (χ1v) is 7.74. The van der Waals surface area contributed by atoms with Crippen LogP contribution >= 0.6 is 0 Å². The Kier molecular flexibility index (Phi) is 6.75. The zero-order chi connectivity index (χ0) is 17.6. The number of carboxylic acid groups (broad SMARTS) is 1. The molecule has 0 aliphatic carbocycles. The fourth-order valence-corrected chi connectivity index (χ4v) is 2.20. The van der Waals surface area contributed by atoms with E-state index < -0.39 is 17.9 Å². The monoisotopic (exact) mass is 320 g/mol. The third-order valence-electron chi connectivity index (χ3n) is 3.66. The van der Waals surface area contributed by atoms with Gasteiger partial charge in [0, 0.05) is 24.2 Å². The fraction of sp³-hybridized carbons (Fsp3) is 0.471. The Labute approximate surface area is 136 Å². The van der Waals surface area contributed by atoms with Gasteiger partial charge in [-0.05, 0) is 44.0 Å². The molecule has 126 valence electrons. The highest BCUT2D eigenvalue weighted by atomic mass is 16.4. The highest BCUT2D eigenvalue weighted by molar-refractivity contribution is 5.99. The second-order valence-corrected chi connectivity index (χ2v) is 5.59. The van der Waals surface area contributed by atoms with Crippen molar-refractivity contribution in [1.82, 2.24) is 10.2 Å². The molecule has 0 fully saturated rings. The molecule has 1 atom stereocenters. The topological polar surface area (TPSA) is 86.7 Å². The van der Waals surface area contributed by atoms with Crippen molar-refractivity contribution < 1.29 is 19.5 Å². The lowest BCUT2D eigenvalue weighted by Gasteiger charge is -2.19. The zero-order valence-corrected chi connectivity index (χ0v) is 14.0. The summed E-state index contributed by atoms with van der Waals surface area (Å²) >= 11 is 0. The smallest absolute Gasteiger partial charge is 0.326 e. The maximum absolute atomic E-state index is 12.2. The molecule has 2 N–H and O–H groups in total. The minimum Gasteiger partial charge on any atom is -0.480 e. The van der Waals surface area contributed by atoms with Crippen molar-refractivity contribution in [1.29, 1.82) is 0 Å². The van der Waals surface area contributed by atoms with Gasteiger partial charge in [-0.2, -0.15) is 0 Å². The number of hydrogen-bond donors (Lipinski definition) is 2. The zero-order valence-electron chi connectivity index (χ0n) is 14.0. The molecule has 23 heavy (non-hydrogen) atoms. The van der Waals surface area contributed by atoms with E-state index in [1.807, 2.05) is 13.8 Å². The van der Waals surface area contributed by atoms with Crippen LogP contribution in [0.2, 0.25) is 0 Å². The van der Waals surface area contributed by atoms with Crippen LogP contribution in [0.4, 0.5) is 0 Å². The van der Waals surface area contributed by atoms with Gasteiger partial charge in [0.15, 0.2) is 0 Å². The third kappa shape index (κ3) is 4.81. The van der Waals surface area contributed by atoms with Gasteiger partial charge in [-0.1, -0.05) is 13.8 Å². The van der Waals surface area contributed by atoms with E-state index >= 15 is 0 Å². The first-order valence-electron chi connectivity index (χ1n) is 7.74. The fourth-order valence-electron chi connectivity index (χ4n) is 2.20. The summed E-state index contributed by atoms with van der Waals surface area (Å²) in [6.07, 6.45) is 0. The van der Waals surface area contributed by atoms with Crippen LogP contribution in [0.15, 0.2) is 24.3 Å². The number of carboxylic acids is 1. The van der Waals surface area contributed by atoms with Gasteiger partial charge in [0.05, 0.1) is 0 Å². The summed E-state index contributed by atoms with van der Waals surface area (Å²) < 4.78 is 0. The number of amides is 2. The molecule has 0 saturated heterocycles. The molecule has 0 aliphatic heterocycles. The van der Waals surface area contributed by atoms with Crippen LogP contribution in [0.25, 0.3) is 0 Å². The van der Waals surface area contributed by atoms with E-state index in [0.717, 1.165) is 0 Å². The first kappa shape index (κ1) is 18.7. The molecule has 1 aromatic rings. The highest BCUT2D eigenvalue weighted by Crippen LogP contribution is 2.09. The van der Waals surface area contributed by atoms with Crippen molar-refractivity contribution in [2.24, 2.45) is 5.92 Å². The Balaban J connectivity index is 2.85. The average molecular weight is 320 g/mol. The predicted octanol–water partition coefficient (Wildman–Crippen LogP) is 2.01. The minimum absolute atomic E-state index is 0.0902. The molecule has 0 bridgehead atoms. The van der Waals surface area contributed by atoms with Gasteiger partial charge in [-0.25, -0.2) is 4.79 Å². The summed E-state index contributed by atoms with van der Waals surface area (Å²) in [5.74, 6) is -1.85. The Bertz CT molecular complexity index is 562. The van der Waals surface area contributed by atoms with Gasteiger partial charge < -0.3 is 15.3 Å². The van der Waals surface area contributed by atoms with Crippen molar-refractivity contribution in [2.45, 2.75) is 33.7 Å². The third-order valence-corrected chi connectivity index (χ3v) is 3.66. The Hall–Kier alpha value is -2.37. The normalized spacial score (nSPS) is 11.9. The molecule has 1 rings (SSSR count). The van der Waals surface area contributed by atoms with Crippen molar-refractivity contribution in [3.63, 3.8) is 0 Å². The highest BCUT2D eigenvalue weighted by Gasteiger charge is 2.24. The van der Waals surface area contributed by atoms with Gasteiger partial charge >= 0.3 is 5.97 Å². The molecule has 2 amide bonds. The lowest BCUT2D eigenvalue weighted by Crippen LogP contribution is -2.44. The Morgan fingerprint density at radius 1 is 1.04 bits per heavy atom. The molecule has 0 aliphatic rings. The summed E-state index contributed by atoms with van der Waals surface area (Å²) in [5, 5.41) is 11.6. The van der Waals surface area contributed by atoms with Gasteiger partial charge in [-0.3, -0.25) is 9.59 Å². The number of carbonyl (C=O) groups excluding carboxylic acids is 2. The Morgan fingerprint density at radius 2 is 1.52 bits per heavy atom. The van der Waals surface area contributed by atoms with Crippen molar-refractivity contribution in [3.05, 3.63) is 35.4 Å². The SMILES string of the molecule is CCN(CC)C(=O)c1ccc(C(=O)N[C@@H](C(=O)O)C(C)C)cc1. The Morgan fingerprint density at radius 3 is 1.91 bits per heavy atom. The summed E-state index contributed by atoms with van der Waals surface area (Å²) in [7, 11) is 0. The van der Waals surface area contributed by atoms with Crippen molar-refractivity contribution in [3.8, 4) is 0 Å². The number of aliphatic carboxylic acids is 1. The first-order chi connectivity index (χ1) is 10.8. The largest absolute Gasteiger partial charge is 0.480 e. The average Bonchev–Trinajstić information content (AvgIpc) is 2.52. The predicted molar refractivity (Wildman–Crippen MR) is 87.4 cm³/mol. The van der Waals surface area contributed by atoms with Gasteiger partial charge in [0.2, 0.25) is 0 Å². The molecular formula is C17H24N2O4. The van der Waals surface area contributed by atoms with E-state index in [1.54, 1.807) is 30.9 Å². The second kappa shape index (κ2) is 8.31. The number of carbonyl (C=O) groups is 3. The standard InChI is InChI=1S/C17H24N2O4/c1-5-19(6-2)16(21)13-9-7-12(8-10-13)15(20)18-14(11(3)4)17(22)23/h7-11,14H,5-6H2,1-4H3,(H,18,20)(H,22,23)/t14-/m1/s1. The number of nitrogens with one attached hydrogen (secondary N) is 1. The summed E-state index contributed by atoms with van der Waals surface area (Å²) in [6, 6.07) is 5.29. The minimum atomic E-state index is -1.07. The lowest BCUT2D eigenvalue weighted by molar-refractivity contribution is -0.140. The quantitative estimate of drug-likeness (QED) is 0.804. The second-order valence-electron chi connectivity index (χ2n) is 5.59. The molecule has 0 spiro atoms. The van der Waals surface area contributed by atoms with Crippen molar-refractivity contribution >= 4 is 17.8 Å². The lowest BCUT2D eigenvalue weighted by atomic mass is 10.0. The molecule has 6 nitrogen and oxygen atoms in total. The molecule has 0 radical (unpaired) electrons. The molecule has 0 aromatic heterocycles. The van der Waals surface area contributed by atoms with Gasteiger partial charge in [0.25, 0.3) is 11.8 Å². The van der Waals surface area contributed by atoms with E-state index in [4.69, 9.17) is 5.11 Å². The van der Waals surface area contributed by atoms with Crippen molar-refractivity contribution in [2.75, 3.05) is 13.1 Å². The molecule has 0 saturated carbocycles. The van der Waals surface area contributed by atoms with E-state index in [0.29, 0.717) is 24.2 Å². The summed E-state index contributed by atoms with van der Waals surface area (Å²) in [4.78, 5) is 37.1. The van der Waals surface area contributed by atoms with Gasteiger partial charge in [0.1, 0.15) is 6.04 Å². The molecule has 6 heteroatoms. The summed E-state index contributed by atoms with van der Waals surface area (Å²) in [5.41, 5.74) is 0.830. The van der Waals surface area contributed by atoms with Crippen LogP contribution in [0.1, 0.15) is 48.4 Å². The number of hydrogen-bond acceptors (Lipinski definition) is 3. The number of benzene rings is 1. The van der Waals surface area contributed by atoms with E-state index in [1.165, 1.54) is 12.1 Å². The maximum Gasteiger partial charge on any atom is 0.326 e. The van der Waals surface area contributed by atoms with Crippen LogP contribution < -0.4 is 5.32 Å². The molecule has 0 unspecified atom stereocenters. The number of nitrogens with zero attached hydrogens (tertiary/aromatic N) is 1. The molecular weight excluding hydrogens is 296 g/mol. The van der Waals surface area contributed by atoms with Crippen LogP contribution in [0.3, 0.4) is 0 Å². The van der Waals surface area contributed by atoms with Crippen LogP contribution in [-0.2, 0) is 4.79 Å². The number of rotatable bonds is 7. The van der Waals surface area contributed by atoms with Gasteiger partial charge in [-0.15, -0.1) is 0 Å². The molecule has 1 aromatic carbocycles.